The summed E-state index contributed by atoms with van der Waals surface area (Å²) in [5.41, 5.74) is 0.960. The molecule has 0 fully saturated rings. The summed E-state index contributed by atoms with van der Waals surface area (Å²) in [5, 5.41) is 12.1. The van der Waals surface area contributed by atoms with Gasteiger partial charge in [0.2, 0.25) is 5.91 Å². The van der Waals surface area contributed by atoms with E-state index < -0.39 is 0 Å². The Bertz CT molecular complexity index is 860. The molecule has 0 aliphatic heterocycles. The van der Waals surface area contributed by atoms with E-state index in [2.05, 4.69) is 15.5 Å². The highest BCUT2D eigenvalue weighted by molar-refractivity contribution is 7.99. The molecule has 1 aromatic carbocycles. The van der Waals surface area contributed by atoms with Crippen molar-refractivity contribution in [1.29, 1.82) is 0 Å². The number of hydrogen-bond acceptors (Lipinski definition) is 6. The number of furan rings is 1. The minimum Gasteiger partial charge on any atom is -0.494 e. The average molecular weight is 386 g/mol. The van der Waals surface area contributed by atoms with Crippen molar-refractivity contribution >= 4 is 17.7 Å². The van der Waals surface area contributed by atoms with Crippen LogP contribution in [-0.4, -0.2) is 33.0 Å². The second-order valence-electron chi connectivity index (χ2n) is 5.65. The molecule has 0 bridgehead atoms. The van der Waals surface area contributed by atoms with Crippen LogP contribution in [0.5, 0.6) is 5.75 Å². The van der Waals surface area contributed by atoms with Crippen LogP contribution in [0.4, 0.5) is 0 Å². The van der Waals surface area contributed by atoms with Crippen molar-refractivity contribution in [2.24, 2.45) is 0 Å². The van der Waals surface area contributed by atoms with Crippen molar-refractivity contribution in [2.75, 3.05) is 12.4 Å². The number of carbonyl (C=O) groups excluding carboxylic acids is 1. The zero-order valence-electron chi connectivity index (χ0n) is 15.3. The van der Waals surface area contributed by atoms with Gasteiger partial charge in [-0.3, -0.25) is 4.79 Å². The molecule has 2 aromatic heterocycles. The van der Waals surface area contributed by atoms with Gasteiger partial charge < -0.3 is 19.0 Å². The molecule has 8 heteroatoms. The molecular weight excluding hydrogens is 364 g/mol. The number of nitrogens with zero attached hydrogens (tertiary/aromatic N) is 3. The Kier molecular flexibility index (Phi) is 6.54. The van der Waals surface area contributed by atoms with E-state index in [9.17, 15) is 4.79 Å². The molecule has 2 heterocycles. The van der Waals surface area contributed by atoms with Crippen LogP contribution in [0.15, 0.2) is 52.2 Å². The van der Waals surface area contributed by atoms with Crippen LogP contribution in [0.1, 0.15) is 19.6 Å². The Labute approximate surface area is 162 Å². The summed E-state index contributed by atoms with van der Waals surface area (Å²) in [6.07, 6.45) is 1.59. The van der Waals surface area contributed by atoms with Crippen molar-refractivity contribution in [3.05, 3.63) is 48.4 Å². The number of nitrogens with one attached hydrogen (secondary N) is 1. The third-order valence-electron chi connectivity index (χ3n) is 3.83. The number of thioether (sulfide) groups is 1. The van der Waals surface area contributed by atoms with Gasteiger partial charge in [-0.2, -0.15) is 0 Å². The third kappa shape index (κ3) is 4.91. The summed E-state index contributed by atoms with van der Waals surface area (Å²) >= 11 is 1.37. The number of carbonyl (C=O) groups is 1. The molecule has 1 N–H and O–H groups in total. The first kappa shape index (κ1) is 19.0. The lowest BCUT2D eigenvalue weighted by Gasteiger charge is -2.08. The summed E-state index contributed by atoms with van der Waals surface area (Å²) in [6.45, 7) is 5.71. The minimum absolute atomic E-state index is 0.0790. The van der Waals surface area contributed by atoms with Gasteiger partial charge in [0, 0.05) is 12.1 Å². The van der Waals surface area contributed by atoms with E-state index in [4.69, 9.17) is 9.15 Å². The van der Waals surface area contributed by atoms with Gasteiger partial charge in [-0.05, 0) is 50.2 Å². The summed E-state index contributed by atoms with van der Waals surface area (Å²) in [6, 6.07) is 11.4. The summed E-state index contributed by atoms with van der Waals surface area (Å²) in [5.74, 6) is 2.51. The van der Waals surface area contributed by atoms with Crippen molar-refractivity contribution in [2.45, 2.75) is 32.1 Å². The van der Waals surface area contributed by atoms with E-state index >= 15 is 0 Å². The van der Waals surface area contributed by atoms with Gasteiger partial charge in [-0.25, -0.2) is 0 Å². The van der Waals surface area contributed by atoms with Gasteiger partial charge >= 0.3 is 0 Å². The molecule has 1 amide bonds. The van der Waals surface area contributed by atoms with Gasteiger partial charge in [0.1, 0.15) is 11.5 Å². The summed E-state index contributed by atoms with van der Waals surface area (Å²) in [4.78, 5) is 12.0. The smallest absolute Gasteiger partial charge is 0.230 e. The first-order chi connectivity index (χ1) is 13.2. The SMILES string of the molecule is CCOc1ccc(-c2nnc(SCC(=O)NCc3ccco3)n2CC)cc1. The van der Waals surface area contributed by atoms with Crippen LogP contribution >= 0.6 is 11.8 Å². The maximum atomic E-state index is 12.0. The van der Waals surface area contributed by atoms with E-state index in [1.54, 1.807) is 12.3 Å². The first-order valence-electron chi connectivity index (χ1n) is 8.79. The Morgan fingerprint density at radius 1 is 1.22 bits per heavy atom. The highest BCUT2D eigenvalue weighted by Crippen LogP contribution is 2.25. The molecule has 0 saturated carbocycles. The van der Waals surface area contributed by atoms with E-state index in [0.717, 1.165) is 28.1 Å². The van der Waals surface area contributed by atoms with E-state index in [1.807, 2.05) is 48.7 Å². The maximum Gasteiger partial charge on any atom is 0.230 e. The van der Waals surface area contributed by atoms with Gasteiger partial charge in [0.05, 0.1) is 25.2 Å². The normalized spacial score (nSPS) is 10.7. The molecule has 0 unspecified atom stereocenters. The maximum absolute atomic E-state index is 12.0. The Hall–Kier alpha value is -2.74. The van der Waals surface area contributed by atoms with Crippen LogP contribution in [0.2, 0.25) is 0 Å². The molecule has 0 aliphatic carbocycles. The predicted octanol–water partition coefficient (Wildman–Crippen LogP) is 3.37. The molecule has 0 atom stereocenters. The monoisotopic (exact) mass is 386 g/mol. The van der Waals surface area contributed by atoms with Crippen molar-refractivity contribution in [1.82, 2.24) is 20.1 Å². The average Bonchev–Trinajstić information content (AvgIpc) is 3.35. The largest absolute Gasteiger partial charge is 0.494 e. The lowest BCUT2D eigenvalue weighted by atomic mass is 10.2. The fourth-order valence-electron chi connectivity index (χ4n) is 2.54. The third-order valence-corrected chi connectivity index (χ3v) is 4.80. The van der Waals surface area contributed by atoms with Crippen molar-refractivity contribution < 1.29 is 13.9 Å². The minimum atomic E-state index is -0.0790. The van der Waals surface area contributed by atoms with E-state index in [0.29, 0.717) is 19.7 Å². The Morgan fingerprint density at radius 2 is 2.04 bits per heavy atom. The molecular formula is C19H22N4O3S. The van der Waals surface area contributed by atoms with Crippen LogP contribution in [0.25, 0.3) is 11.4 Å². The highest BCUT2D eigenvalue weighted by atomic mass is 32.2. The van der Waals surface area contributed by atoms with E-state index in [1.165, 1.54) is 11.8 Å². The van der Waals surface area contributed by atoms with Crippen LogP contribution in [-0.2, 0) is 17.9 Å². The lowest BCUT2D eigenvalue weighted by molar-refractivity contribution is -0.118. The van der Waals surface area contributed by atoms with Crippen LogP contribution < -0.4 is 10.1 Å². The molecule has 3 rings (SSSR count). The molecule has 7 nitrogen and oxygen atoms in total. The number of ether oxygens (including phenoxy) is 1. The highest BCUT2D eigenvalue weighted by Gasteiger charge is 2.14. The summed E-state index contributed by atoms with van der Waals surface area (Å²) < 4.78 is 12.7. The Morgan fingerprint density at radius 3 is 2.70 bits per heavy atom. The molecule has 0 radical (unpaired) electrons. The van der Waals surface area contributed by atoms with Gasteiger partial charge in [0.25, 0.3) is 0 Å². The second-order valence-corrected chi connectivity index (χ2v) is 6.60. The standard InChI is InChI=1S/C19H22N4O3S/c1-3-23-18(14-7-9-15(10-8-14)25-4-2)21-22-19(23)27-13-17(24)20-12-16-6-5-11-26-16/h5-11H,3-4,12-13H2,1-2H3,(H,20,24). The Balaban J connectivity index is 1.62. The van der Waals surface area contributed by atoms with Crippen LogP contribution in [0.3, 0.4) is 0 Å². The molecule has 27 heavy (non-hydrogen) atoms. The number of aromatic nitrogens is 3. The second kappa shape index (κ2) is 9.27. The molecule has 142 valence electrons. The molecule has 0 aliphatic rings. The van der Waals surface area contributed by atoms with Crippen LogP contribution in [0, 0.1) is 0 Å². The van der Waals surface area contributed by atoms with Gasteiger partial charge in [-0.15, -0.1) is 10.2 Å². The number of hydrogen-bond donors (Lipinski definition) is 1. The number of rotatable bonds is 9. The molecule has 0 saturated heterocycles. The zero-order valence-corrected chi connectivity index (χ0v) is 16.2. The quantitative estimate of drug-likeness (QED) is 0.568. The topological polar surface area (TPSA) is 82.2 Å². The lowest BCUT2D eigenvalue weighted by Crippen LogP contribution is -2.24. The zero-order chi connectivity index (χ0) is 19.1. The molecule has 3 aromatic rings. The fourth-order valence-corrected chi connectivity index (χ4v) is 3.37. The number of benzene rings is 1. The summed E-state index contributed by atoms with van der Waals surface area (Å²) in [7, 11) is 0. The predicted molar refractivity (Wildman–Crippen MR) is 104 cm³/mol. The fraction of sp³-hybridized carbons (Fsp3) is 0.316. The van der Waals surface area contributed by atoms with E-state index in [-0.39, 0.29) is 11.7 Å². The van der Waals surface area contributed by atoms with Gasteiger partial charge in [-0.1, -0.05) is 11.8 Å². The van der Waals surface area contributed by atoms with Crippen molar-refractivity contribution in [3.63, 3.8) is 0 Å². The van der Waals surface area contributed by atoms with Crippen molar-refractivity contribution in [3.8, 4) is 17.1 Å². The first-order valence-corrected chi connectivity index (χ1v) is 9.78. The number of amides is 1. The molecule has 0 spiro atoms. The van der Waals surface area contributed by atoms with Gasteiger partial charge in [0.15, 0.2) is 11.0 Å².